The molecule has 10 heteroatoms. The maximum Gasteiger partial charge on any atom is 0.253 e. The Morgan fingerprint density at radius 3 is 2.35 bits per heavy atom. The largest absolute Gasteiger partial charge is 0.387 e. The average molecular weight is 636 g/mol. The second kappa shape index (κ2) is 21.6. The first-order valence-electron chi connectivity index (χ1n) is 16.4. The van der Waals surface area contributed by atoms with Crippen LogP contribution in [0.4, 0.5) is 11.4 Å². The predicted octanol–water partition coefficient (Wildman–Crippen LogP) is 5.73. The molecule has 254 valence electrons. The number of hydrogen-bond acceptors (Lipinski definition) is 9. The van der Waals surface area contributed by atoms with Crippen LogP contribution < -0.4 is 26.6 Å². The summed E-state index contributed by atoms with van der Waals surface area (Å²) in [5.74, 6) is -0.150. The summed E-state index contributed by atoms with van der Waals surface area (Å²) in [7, 11) is 1.82. The molecule has 0 aromatic carbocycles. The van der Waals surface area contributed by atoms with Gasteiger partial charge in [-0.3, -0.25) is 25.2 Å². The minimum Gasteiger partial charge on any atom is -0.387 e. The number of rotatable bonds is 11. The summed E-state index contributed by atoms with van der Waals surface area (Å²) < 4.78 is 5.25. The molecule has 4 rings (SSSR count). The molecule has 2 aromatic heterocycles. The molecule has 4 N–H and O–H groups in total. The van der Waals surface area contributed by atoms with Gasteiger partial charge in [0.15, 0.2) is 0 Å². The van der Waals surface area contributed by atoms with Crippen molar-refractivity contribution >= 4 is 41.6 Å². The minimum absolute atomic E-state index is 0.150. The molecule has 4 heterocycles. The van der Waals surface area contributed by atoms with Crippen molar-refractivity contribution in [3.05, 3.63) is 59.1 Å². The molecule has 1 saturated heterocycles. The van der Waals surface area contributed by atoms with E-state index in [-0.39, 0.29) is 5.91 Å². The van der Waals surface area contributed by atoms with Gasteiger partial charge in [0.05, 0.1) is 53.6 Å². The zero-order chi connectivity index (χ0) is 34.5. The third-order valence-electron chi connectivity index (χ3n) is 7.78. The van der Waals surface area contributed by atoms with E-state index in [4.69, 9.17) is 10.1 Å². The summed E-state index contributed by atoms with van der Waals surface area (Å²) in [6, 6.07) is 6.15. The number of anilines is 2. The van der Waals surface area contributed by atoms with E-state index in [2.05, 4.69) is 72.4 Å². The first kappa shape index (κ1) is 40.0. The Kier molecular flexibility index (Phi) is 18.8. The van der Waals surface area contributed by atoms with Crippen LogP contribution in [0.5, 0.6) is 0 Å². The van der Waals surface area contributed by atoms with Crippen LogP contribution in [-0.2, 0) is 14.3 Å². The first-order chi connectivity index (χ1) is 22.1. The molecule has 2 aliphatic rings. The lowest BCUT2D eigenvalue weighted by Crippen LogP contribution is -2.50. The Morgan fingerprint density at radius 2 is 1.85 bits per heavy atom. The third-order valence-corrected chi connectivity index (χ3v) is 7.78. The van der Waals surface area contributed by atoms with Crippen LogP contribution in [0, 0.1) is 17.7 Å². The summed E-state index contributed by atoms with van der Waals surface area (Å²) in [4.78, 5) is 31.2. The van der Waals surface area contributed by atoms with Gasteiger partial charge in [-0.25, -0.2) is 0 Å². The molecule has 1 amide bonds. The summed E-state index contributed by atoms with van der Waals surface area (Å²) in [6.45, 7) is 18.9. The highest BCUT2D eigenvalue weighted by Gasteiger charge is 2.26. The van der Waals surface area contributed by atoms with Gasteiger partial charge in [-0.1, -0.05) is 67.2 Å². The van der Waals surface area contributed by atoms with Gasteiger partial charge >= 0.3 is 0 Å². The molecule has 10 nitrogen and oxygen atoms in total. The molecule has 46 heavy (non-hydrogen) atoms. The fourth-order valence-corrected chi connectivity index (χ4v) is 4.29. The second-order valence-electron chi connectivity index (χ2n) is 11.9. The molecular formula is C36H57N7O3. The number of hydrogen-bond donors (Lipinski definition) is 4. The van der Waals surface area contributed by atoms with Crippen molar-refractivity contribution < 1.29 is 14.3 Å². The first-order valence-corrected chi connectivity index (χ1v) is 16.4. The van der Waals surface area contributed by atoms with Gasteiger partial charge in [-0.15, -0.1) is 0 Å². The number of nitrogens with one attached hydrogen (secondary N) is 4. The van der Waals surface area contributed by atoms with Crippen LogP contribution in [0.3, 0.4) is 0 Å². The molecule has 0 atom stereocenters. The number of aldehydes is 1. The minimum atomic E-state index is -0.150. The van der Waals surface area contributed by atoms with Gasteiger partial charge in [0.2, 0.25) is 0 Å². The van der Waals surface area contributed by atoms with Crippen LogP contribution >= 0.6 is 0 Å². The topological polar surface area (TPSA) is 132 Å². The lowest BCUT2D eigenvalue weighted by Gasteiger charge is -2.34. The Bertz CT molecular complexity index is 1350. The number of aromatic nitrogens is 2. The number of carbonyl (C=O) groups is 2. The highest BCUT2D eigenvalue weighted by molar-refractivity contribution is 6.20. The van der Waals surface area contributed by atoms with E-state index in [0.717, 1.165) is 48.2 Å². The second-order valence-corrected chi connectivity index (χ2v) is 11.9. The molecule has 1 fully saturated rings. The number of pyridine rings is 2. The summed E-state index contributed by atoms with van der Waals surface area (Å²) >= 11 is 0. The van der Waals surface area contributed by atoms with Crippen LogP contribution in [0.15, 0.2) is 42.9 Å². The van der Waals surface area contributed by atoms with Gasteiger partial charge in [0.25, 0.3) is 5.91 Å². The summed E-state index contributed by atoms with van der Waals surface area (Å²) in [6.07, 6.45) is 16.0. The van der Waals surface area contributed by atoms with E-state index in [1.807, 2.05) is 51.4 Å². The maximum atomic E-state index is 13.1. The van der Waals surface area contributed by atoms with Crippen molar-refractivity contribution in [2.45, 2.75) is 99.5 Å². The van der Waals surface area contributed by atoms with Gasteiger partial charge < -0.3 is 25.6 Å². The Hall–Kier alpha value is -4.05. The van der Waals surface area contributed by atoms with Crippen LogP contribution in [0.25, 0.3) is 11.3 Å². The molecule has 0 unspecified atom stereocenters. The van der Waals surface area contributed by atoms with Crippen molar-refractivity contribution in [3.8, 4) is 0 Å². The fourth-order valence-electron chi connectivity index (χ4n) is 4.29. The van der Waals surface area contributed by atoms with Crippen molar-refractivity contribution in [3.63, 3.8) is 0 Å². The van der Waals surface area contributed by atoms with Gasteiger partial charge in [0, 0.05) is 36.7 Å². The number of ether oxygens (including phenoxy) is 1. The third kappa shape index (κ3) is 13.1. The standard InChI is InChI=1S/C23H28N6O2.C9H20.C3H6O.CH3N/c1-4-5-19(23(30)27-22-10-17(24-3)12-25-15(22)2)21-7-6-16(11-26-21)20-8-9-29(28-20)18-13-31-14-18;1-5-7-8-9(3,4)6-2;1-2-3-4;1-2/h6-12,18,24,28H,4-5,13-14H2,1-3H3,(H,27,30);5-8H2,1-4H3;3H,2H2,1H3;2H,1H2/b20-16+,21-19+;;;. The number of unbranched alkanes of at least 4 members (excludes halogenated alkanes) is 1. The van der Waals surface area contributed by atoms with Gasteiger partial charge in [0.1, 0.15) is 6.29 Å². The lowest BCUT2D eigenvalue weighted by atomic mass is 9.85. The Balaban J connectivity index is 0.000000593. The van der Waals surface area contributed by atoms with E-state index in [9.17, 15) is 9.59 Å². The quantitative estimate of drug-likeness (QED) is 0.182. The smallest absolute Gasteiger partial charge is 0.253 e. The highest BCUT2D eigenvalue weighted by atomic mass is 16.5. The van der Waals surface area contributed by atoms with Gasteiger partial charge in [-0.2, -0.15) is 0 Å². The molecule has 2 aromatic rings. The van der Waals surface area contributed by atoms with Crippen molar-refractivity contribution in [1.82, 2.24) is 20.4 Å². The predicted molar refractivity (Wildman–Crippen MR) is 191 cm³/mol. The summed E-state index contributed by atoms with van der Waals surface area (Å²) in [5, 5.41) is 15.3. The molecule has 0 radical (unpaired) electrons. The van der Waals surface area contributed by atoms with Crippen molar-refractivity contribution in [2.75, 3.05) is 30.9 Å². The Morgan fingerprint density at radius 1 is 1.15 bits per heavy atom. The fraction of sp³-hybridized carbons (Fsp3) is 0.528. The van der Waals surface area contributed by atoms with Crippen LogP contribution in [0.2, 0.25) is 0 Å². The number of hydrazine groups is 1. The molecule has 0 spiro atoms. The molecular weight excluding hydrogens is 578 g/mol. The van der Waals surface area contributed by atoms with Crippen LogP contribution in [-0.4, -0.2) is 60.2 Å². The molecule has 0 bridgehead atoms. The number of amides is 1. The van der Waals surface area contributed by atoms with E-state index in [0.29, 0.717) is 40.9 Å². The van der Waals surface area contributed by atoms with Crippen LogP contribution in [0.1, 0.15) is 92.2 Å². The normalized spacial score (nSPS) is 15.3. The number of aryl methyl sites for hydroxylation is 1. The molecule has 2 aliphatic heterocycles. The highest BCUT2D eigenvalue weighted by Crippen LogP contribution is 2.26. The maximum absolute atomic E-state index is 13.1. The van der Waals surface area contributed by atoms with E-state index >= 15 is 0 Å². The molecule has 0 saturated carbocycles. The van der Waals surface area contributed by atoms with Crippen molar-refractivity contribution in [2.24, 2.45) is 5.41 Å². The Labute approximate surface area is 276 Å². The molecule has 0 aliphatic carbocycles. The van der Waals surface area contributed by atoms with E-state index in [1.165, 1.54) is 25.7 Å². The van der Waals surface area contributed by atoms with E-state index in [1.54, 1.807) is 12.4 Å². The lowest BCUT2D eigenvalue weighted by molar-refractivity contribution is -0.111. The van der Waals surface area contributed by atoms with Crippen molar-refractivity contribution in [1.29, 1.82) is 5.41 Å². The number of nitrogens with zero attached hydrogens (tertiary/aromatic N) is 3. The van der Waals surface area contributed by atoms with Gasteiger partial charge in [-0.05, 0) is 56.2 Å². The average Bonchev–Trinajstić information content (AvgIpc) is 3.53. The monoisotopic (exact) mass is 635 g/mol. The zero-order valence-electron chi connectivity index (χ0n) is 29.3. The zero-order valence-corrected chi connectivity index (χ0v) is 29.3. The number of carbonyl (C=O) groups excluding carboxylic acids is 2. The summed E-state index contributed by atoms with van der Waals surface area (Å²) in [5.41, 5.74) is 7.92. The van der Waals surface area contributed by atoms with E-state index < -0.39 is 0 Å². The SMILES string of the molecule is C=N.CCC/C(C(=O)Nc1cc(NC)cnc1C)=c1/cc/c(=C2/C=CN(C3COC3)N2)cn1.CCC=O.CCCCC(C)(C)CC.